The van der Waals surface area contributed by atoms with Crippen LogP contribution in [0.1, 0.15) is 33.6 Å². The first-order valence-corrected chi connectivity index (χ1v) is 10.6. The minimum Gasteiger partial charge on any atom is -0.444 e. The summed E-state index contributed by atoms with van der Waals surface area (Å²) < 4.78 is 28.4. The van der Waals surface area contributed by atoms with Gasteiger partial charge in [0.1, 0.15) is 5.60 Å². The van der Waals surface area contributed by atoms with Crippen LogP contribution < -0.4 is 0 Å². The van der Waals surface area contributed by atoms with Crippen molar-refractivity contribution in [2.75, 3.05) is 50.8 Å². The third-order valence-corrected chi connectivity index (χ3v) is 5.86. The third kappa shape index (κ3) is 6.05. The third-order valence-electron chi connectivity index (χ3n) is 4.25. The first-order chi connectivity index (χ1) is 11.6. The van der Waals surface area contributed by atoms with Crippen molar-refractivity contribution in [2.24, 2.45) is 0 Å². The average molecular weight is 375 g/mol. The average Bonchev–Trinajstić information content (AvgIpc) is 2.44. The van der Waals surface area contributed by atoms with E-state index in [9.17, 15) is 18.0 Å². The van der Waals surface area contributed by atoms with Crippen molar-refractivity contribution in [1.29, 1.82) is 0 Å². The molecule has 0 aromatic rings. The number of ether oxygens (including phenoxy) is 1. The first-order valence-electron chi connectivity index (χ1n) is 8.80. The normalized spacial score (nSPS) is 22.1. The molecular formula is C16H29N3O5S. The quantitative estimate of drug-likeness (QED) is 0.634. The van der Waals surface area contributed by atoms with Crippen molar-refractivity contribution in [1.82, 2.24) is 14.7 Å². The number of nitrogens with zero attached hydrogens (tertiary/aromatic N) is 3. The summed E-state index contributed by atoms with van der Waals surface area (Å²) in [6, 6.07) is -0.0966. The summed E-state index contributed by atoms with van der Waals surface area (Å²) in [4.78, 5) is 29.8. The fourth-order valence-electron chi connectivity index (χ4n) is 2.93. The molecule has 144 valence electrons. The summed E-state index contributed by atoms with van der Waals surface area (Å²) in [5, 5.41) is 0. The van der Waals surface area contributed by atoms with Crippen LogP contribution in [0, 0.1) is 0 Å². The largest absolute Gasteiger partial charge is 0.444 e. The molecular weight excluding hydrogens is 346 g/mol. The van der Waals surface area contributed by atoms with Crippen LogP contribution in [0.5, 0.6) is 0 Å². The zero-order chi connectivity index (χ0) is 18.7. The van der Waals surface area contributed by atoms with Crippen LogP contribution in [0.2, 0.25) is 0 Å². The van der Waals surface area contributed by atoms with E-state index in [-0.39, 0.29) is 36.7 Å². The molecule has 0 N–H and O–H groups in total. The number of carbonyl (C=O) groups is 2. The zero-order valence-electron chi connectivity index (χ0n) is 15.4. The fraction of sp³-hybridized carbons (Fsp3) is 0.875. The van der Waals surface area contributed by atoms with Crippen molar-refractivity contribution in [3.05, 3.63) is 0 Å². The molecule has 2 aliphatic rings. The highest BCUT2D eigenvalue weighted by Gasteiger charge is 2.29. The summed E-state index contributed by atoms with van der Waals surface area (Å²) in [5.74, 6) is 0.0814. The van der Waals surface area contributed by atoms with Crippen molar-refractivity contribution in [2.45, 2.75) is 39.2 Å². The molecule has 0 aliphatic carbocycles. The van der Waals surface area contributed by atoms with Gasteiger partial charge in [0.2, 0.25) is 0 Å². The summed E-state index contributed by atoms with van der Waals surface area (Å²) in [5.41, 5.74) is -0.518. The Kier molecular flexibility index (Phi) is 6.18. The fourth-order valence-corrected chi connectivity index (χ4v) is 4.13. The lowest BCUT2D eigenvalue weighted by Crippen LogP contribution is -2.51. The summed E-state index contributed by atoms with van der Waals surface area (Å²) >= 11 is 0. The molecule has 0 atom stereocenters. The number of rotatable bonds is 0. The maximum atomic E-state index is 12.6. The van der Waals surface area contributed by atoms with E-state index < -0.39 is 15.4 Å². The standard InChI is InChI=1S/C16H29N3O5S/c1-16(2,3)24-15(21)19-8-4-6-17(7-5-9-19)14(20)18-10-12-25(22,23)13-11-18/h4-13H2,1-3H3. The lowest BCUT2D eigenvalue weighted by Gasteiger charge is -2.35. The van der Waals surface area contributed by atoms with E-state index in [4.69, 9.17) is 4.74 Å². The molecule has 0 bridgehead atoms. The molecule has 0 spiro atoms. The Balaban J connectivity index is 1.84. The molecule has 0 saturated carbocycles. The number of carbonyl (C=O) groups excluding carboxylic acids is 2. The van der Waals surface area contributed by atoms with E-state index in [2.05, 4.69) is 0 Å². The highest BCUT2D eigenvalue weighted by atomic mass is 32.2. The van der Waals surface area contributed by atoms with Crippen molar-refractivity contribution >= 4 is 22.0 Å². The Morgan fingerprint density at radius 2 is 1.24 bits per heavy atom. The highest BCUT2D eigenvalue weighted by Crippen LogP contribution is 2.14. The van der Waals surface area contributed by atoms with Crippen molar-refractivity contribution < 1.29 is 22.7 Å². The molecule has 9 heteroatoms. The van der Waals surface area contributed by atoms with Crippen LogP contribution in [-0.2, 0) is 14.6 Å². The van der Waals surface area contributed by atoms with E-state index in [1.54, 1.807) is 14.7 Å². The van der Waals surface area contributed by atoms with E-state index in [0.717, 1.165) is 0 Å². The second-order valence-corrected chi connectivity index (χ2v) is 9.89. The SMILES string of the molecule is CC(C)(C)OC(=O)N1CCCN(C(=O)N2CCS(=O)(=O)CC2)CCC1. The lowest BCUT2D eigenvalue weighted by molar-refractivity contribution is 0.0223. The van der Waals surface area contributed by atoms with Crippen molar-refractivity contribution in [3.8, 4) is 0 Å². The predicted octanol–water partition coefficient (Wildman–Crippen LogP) is 1.17. The second kappa shape index (κ2) is 7.80. The molecule has 2 aliphatic heterocycles. The molecule has 2 heterocycles. The smallest absolute Gasteiger partial charge is 0.410 e. The minimum atomic E-state index is -3.00. The Bertz CT molecular complexity index is 575. The molecule has 2 fully saturated rings. The Hall–Kier alpha value is -1.51. The second-order valence-electron chi connectivity index (χ2n) is 7.58. The van der Waals surface area contributed by atoms with E-state index in [1.807, 2.05) is 20.8 Å². The van der Waals surface area contributed by atoms with Crippen molar-refractivity contribution in [3.63, 3.8) is 0 Å². The van der Waals surface area contributed by atoms with E-state index in [0.29, 0.717) is 39.0 Å². The maximum absolute atomic E-state index is 12.6. The van der Waals surface area contributed by atoms with E-state index in [1.165, 1.54) is 0 Å². The molecule has 0 radical (unpaired) electrons. The minimum absolute atomic E-state index is 0.0407. The van der Waals surface area contributed by atoms with Crippen LogP contribution >= 0.6 is 0 Å². The molecule has 0 aromatic heterocycles. The van der Waals surface area contributed by atoms with Gasteiger partial charge in [-0.05, 0) is 33.6 Å². The predicted molar refractivity (Wildman–Crippen MR) is 94.2 cm³/mol. The van der Waals surface area contributed by atoms with Gasteiger partial charge in [-0.3, -0.25) is 0 Å². The number of hydrogen-bond donors (Lipinski definition) is 0. The van der Waals surface area contributed by atoms with Crippen LogP contribution in [0.25, 0.3) is 0 Å². The highest BCUT2D eigenvalue weighted by molar-refractivity contribution is 7.91. The van der Waals surface area contributed by atoms with Crippen LogP contribution in [0.3, 0.4) is 0 Å². The van der Waals surface area contributed by atoms with Gasteiger partial charge in [-0.25, -0.2) is 18.0 Å². The number of sulfone groups is 1. The summed E-state index contributed by atoms with van der Waals surface area (Å²) in [6.07, 6.45) is 1.04. The van der Waals surface area contributed by atoms with Crippen LogP contribution in [0.4, 0.5) is 9.59 Å². The molecule has 2 saturated heterocycles. The van der Waals surface area contributed by atoms with Gasteiger partial charge in [0.05, 0.1) is 11.5 Å². The van der Waals surface area contributed by atoms with Gasteiger partial charge < -0.3 is 19.4 Å². The lowest BCUT2D eigenvalue weighted by atomic mass is 10.2. The van der Waals surface area contributed by atoms with Crippen LogP contribution in [0.15, 0.2) is 0 Å². The Morgan fingerprint density at radius 3 is 1.72 bits per heavy atom. The molecule has 25 heavy (non-hydrogen) atoms. The summed E-state index contributed by atoms with van der Waals surface area (Å²) in [6.45, 7) is 8.27. The Labute approximate surface area is 150 Å². The molecule has 0 unspecified atom stereocenters. The molecule has 2 rings (SSSR count). The zero-order valence-corrected chi connectivity index (χ0v) is 16.2. The molecule has 3 amide bonds. The maximum Gasteiger partial charge on any atom is 0.410 e. The van der Waals surface area contributed by atoms with Gasteiger partial charge >= 0.3 is 12.1 Å². The topological polar surface area (TPSA) is 87.2 Å². The monoisotopic (exact) mass is 375 g/mol. The Morgan fingerprint density at radius 1 is 0.800 bits per heavy atom. The number of hydrogen-bond acceptors (Lipinski definition) is 5. The van der Waals surface area contributed by atoms with Gasteiger partial charge in [0.15, 0.2) is 9.84 Å². The van der Waals surface area contributed by atoms with Gasteiger partial charge in [-0.2, -0.15) is 0 Å². The van der Waals surface area contributed by atoms with Gasteiger partial charge in [-0.15, -0.1) is 0 Å². The number of urea groups is 1. The van der Waals surface area contributed by atoms with Gasteiger partial charge in [0, 0.05) is 39.3 Å². The van der Waals surface area contributed by atoms with E-state index >= 15 is 0 Å². The molecule has 0 aromatic carbocycles. The number of amides is 3. The van der Waals surface area contributed by atoms with Crippen LogP contribution in [-0.4, -0.2) is 91.6 Å². The summed E-state index contributed by atoms with van der Waals surface area (Å²) in [7, 11) is -3.00. The molecule has 8 nitrogen and oxygen atoms in total. The van der Waals surface area contributed by atoms with Gasteiger partial charge in [0.25, 0.3) is 0 Å². The van der Waals surface area contributed by atoms with Gasteiger partial charge in [-0.1, -0.05) is 0 Å². The first kappa shape index (κ1) is 19.8.